The first kappa shape index (κ1) is 12.0. The van der Waals surface area contributed by atoms with E-state index in [0.29, 0.717) is 16.1 Å². The van der Waals surface area contributed by atoms with E-state index in [1.165, 1.54) is 24.6 Å². The molecule has 4 nitrogen and oxygen atoms in total. The normalized spacial score (nSPS) is 14.7. The van der Waals surface area contributed by atoms with E-state index >= 15 is 0 Å². The lowest BCUT2D eigenvalue weighted by Gasteiger charge is -2.15. The highest BCUT2D eigenvalue weighted by atomic mass is 35.5. The van der Waals surface area contributed by atoms with Gasteiger partial charge in [-0.05, 0) is 25.7 Å². The minimum Gasteiger partial charge on any atom is -0.216 e. The third-order valence-electron chi connectivity index (χ3n) is 3.01. The summed E-state index contributed by atoms with van der Waals surface area (Å²) >= 11 is 7.94. The van der Waals surface area contributed by atoms with Gasteiger partial charge in [0.1, 0.15) is 5.15 Å². The molecule has 0 bridgehead atoms. The predicted molar refractivity (Wildman–Crippen MR) is 73.4 cm³/mol. The van der Waals surface area contributed by atoms with E-state index < -0.39 is 0 Å². The predicted octanol–water partition coefficient (Wildman–Crippen LogP) is 2.93. The van der Waals surface area contributed by atoms with Gasteiger partial charge in [-0.25, -0.2) is 4.98 Å². The molecular weight excluding hydrogens is 268 g/mol. The Balaban J connectivity index is 2.09. The second-order valence-electron chi connectivity index (χ2n) is 4.24. The van der Waals surface area contributed by atoms with Gasteiger partial charge < -0.3 is 0 Å². The van der Waals surface area contributed by atoms with Gasteiger partial charge in [0.15, 0.2) is 0 Å². The van der Waals surface area contributed by atoms with Crippen LogP contribution >= 0.6 is 23.4 Å². The highest BCUT2D eigenvalue weighted by molar-refractivity contribution is 7.99. The number of halogens is 1. The third-order valence-corrected chi connectivity index (χ3v) is 4.23. The molecule has 0 aromatic carbocycles. The van der Waals surface area contributed by atoms with Gasteiger partial charge in [0, 0.05) is 11.3 Å². The van der Waals surface area contributed by atoms with E-state index in [-0.39, 0.29) is 0 Å². The van der Waals surface area contributed by atoms with Crippen LogP contribution in [-0.2, 0) is 12.8 Å². The van der Waals surface area contributed by atoms with Crippen LogP contribution in [0, 0.1) is 0 Å². The summed E-state index contributed by atoms with van der Waals surface area (Å²) < 4.78 is 1.65. The lowest BCUT2D eigenvalue weighted by molar-refractivity contribution is 0.659. The maximum Gasteiger partial charge on any atom is 0.254 e. The Bertz CT molecular complexity index is 608. The van der Waals surface area contributed by atoms with Crippen molar-refractivity contribution in [2.24, 2.45) is 0 Å². The number of rotatable bonds is 3. The summed E-state index contributed by atoms with van der Waals surface area (Å²) in [6.07, 6.45) is 6.17. The van der Waals surface area contributed by atoms with E-state index in [9.17, 15) is 0 Å². The Labute approximate surface area is 114 Å². The summed E-state index contributed by atoms with van der Waals surface area (Å²) in [5.74, 6) is 1.39. The van der Waals surface area contributed by atoms with Crippen LogP contribution in [0.3, 0.4) is 0 Å². The van der Waals surface area contributed by atoms with Gasteiger partial charge in [0.05, 0.1) is 5.69 Å². The Hall–Kier alpha value is -1.07. The van der Waals surface area contributed by atoms with Crippen LogP contribution in [-0.4, -0.2) is 25.3 Å². The van der Waals surface area contributed by atoms with E-state index in [2.05, 4.69) is 21.6 Å². The molecule has 2 aromatic rings. The van der Waals surface area contributed by atoms with Gasteiger partial charge in [-0.15, -0.1) is 11.7 Å². The lowest BCUT2D eigenvalue weighted by Crippen LogP contribution is -2.10. The fourth-order valence-electron chi connectivity index (χ4n) is 2.17. The van der Waals surface area contributed by atoms with Crippen molar-refractivity contribution in [3.63, 3.8) is 0 Å². The molecule has 2 heterocycles. The van der Waals surface area contributed by atoms with E-state index in [1.54, 1.807) is 4.52 Å². The van der Waals surface area contributed by atoms with Gasteiger partial charge in [0.25, 0.3) is 5.78 Å². The summed E-state index contributed by atoms with van der Waals surface area (Å²) in [6.45, 7) is 3.69. The van der Waals surface area contributed by atoms with Crippen molar-refractivity contribution >= 4 is 29.1 Å². The Morgan fingerprint density at radius 3 is 3.00 bits per heavy atom. The SMILES string of the molecule is C=CCSc1nc2nc3c(c(Cl)n2n1)CCCC3. The number of thioether (sulfide) groups is 1. The molecule has 1 aliphatic carbocycles. The maximum absolute atomic E-state index is 6.40. The average molecular weight is 281 g/mol. The zero-order valence-corrected chi connectivity index (χ0v) is 11.5. The summed E-state index contributed by atoms with van der Waals surface area (Å²) in [4.78, 5) is 8.96. The number of fused-ring (bicyclic) bond motifs is 2. The maximum atomic E-state index is 6.40. The molecule has 0 fully saturated rings. The van der Waals surface area contributed by atoms with Gasteiger partial charge in [-0.2, -0.15) is 9.50 Å². The van der Waals surface area contributed by atoms with Gasteiger partial charge >= 0.3 is 0 Å². The van der Waals surface area contributed by atoms with Crippen LogP contribution in [0.1, 0.15) is 24.1 Å². The highest BCUT2D eigenvalue weighted by Gasteiger charge is 2.19. The zero-order valence-electron chi connectivity index (χ0n) is 9.90. The zero-order chi connectivity index (χ0) is 12.5. The molecule has 0 unspecified atom stereocenters. The number of nitrogens with zero attached hydrogens (tertiary/aromatic N) is 4. The summed E-state index contributed by atoms with van der Waals surface area (Å²) in [7, 11) is 0. The minimum absolute atomic E-state index is 0.604. The van der Waals surface area contributed by atoms with Crippen molar-refractivity contribution in [1.82, 2.24) is 19.6 Å². The first-order chi connectivity index (χ1) is 8.79. The van der Waals surface area contributed by atoms with Crippen molar-refractivity contribution in [1.29, 1.82) is 0 Å². The largest absolute Gasteiger partial charge is 0.254 e. The molecule has 0 saturated carbocycles. The van der Waals surface area contributed by atoms with Crippen LogP contribution < -0.4 is 0 Å². The first-order valence-corrected chi connectivity index (χ1v) is 7.33. The van der Waals surface area contributed by atoms with Gasteiger partial charge in [0.2, 0.25) is 5.16 Å². The number of hydrogen-bond acceptors (Lipinski definition) is 4. The smallest absolute Gasteiger partial charge is 0.216 e. The molecule has 18 heavy (non-hydrogen) atoms. The second-order valence-corrected chi connectivity index (χ2v) is 5.59. The van der Waals surface area contributed by atoms with Crippen LogP contribution in [0.2, 0.25) is 5.15 Å². The Kier molecular flexibility index (Phi) is 3.26. The fraction of sp³-hybridized carbons (Fsp3) is 0.417. The Morgan fingerprint density at radius 2 is 2.17 bits per heavy atom. The first-order valence-electron chi connectivity index (χ1n) is 5.97. The molecule has 0 saturated heterocycles. The van der Waals surface area contributed by atoms with Crippen molar-refractivity contribution in [3.8, 4) is 0 Å². The van der Waals surface area contributed by atoms with Crippen molar-refractivity contribution in [2.75, 3.05) is 5.75 Å². The highest BCUT2D eigenvalue weighted by Crippen LogP contribution is 2.27. The molecular formula is C12H13ClN4S. The number of hydrogen-bond donors (Lipinski definition) is 0. The standard InChI is InChI=1S/C12H13ClN4S/c1-2-7-18-12-15-11-14-9-6-4-3-5-8(9)10(13)17(11)16-12/h2H,1,3-7H2. The van der Waals surface area contributed by atoms with Crippen molar-refractivity contribution < 1.29 is 0 Å². The third kappa shape index (κ3) is 2.01. The monoisotopic (exact) mass is 280 g/mol. The molecule has 94 valence electrons. The molecule has 6 heteroatoms. The van der Waals surface area contributed by atoms with Crippen molar-refractivity contribution in [2.45, 2.75) is 30.8 Å². The summed E-state index contributed by atoms with van der Waals surface area (Å²) in [6, 6.07) is 0. The average Bonchev–Trinajstić information content (AvgIpc) is 2.80. The topological polar surface area (TPSA) is 43.1 Å². The fourth-order valence-corrected chi connectivity index (χ4v) is 3.04. The quantitative estimate of drug-likeness (QED) is 0.493. The molecule has 3 rings (SSSR count). The van der Waals surface area contributed by atoms with E-state index in [0.717, 1.165) is 29.9 Å². The molecule has 0 radical (unpaired) electrons. The molecule has 1 aliphatic rings. The molecule has 0 spiro atoms. The minimum atomic E-state index is 0.604. The molecule has 0 aliphatic heterocycles. The summed E-state index contributed by atoms with van der Waals surface area (Å²) in [5.41, 5.74) is 2.23. The molecule has 0 atom stereocenters. The summed E-state index contributed by atoms with van der Waals surface area (Å²) in [5, 5.41) is 5.76. The molecule has 2 aromatic heterocycles. The second kappa shape index (κ2) is 4.90. The van der Waals surface area contributed by atoms with Gasteiger partial charge in [-0.1, -0.05) is 29.4 Å². The lowest BCUT2D eigenvalue weighted by atomic mass is 9.97. The van der Waals surface area contributed by atoms with E-state index in [1.807, 2.05) is 6.08 Å². The van der Waals surface area contributed by atoms with Crippen LogP contribution in [0.25, 0.3) is 5.78 Å². The molecule has 0 amide bonds. The van der Waals surface area contributed by atoms with Gasteiger partial charge in [-0.3, -0.25) is 0 Å². The van der Waals surface area contributed by atoms with Crippen LogP contribution in [0.4, 0.5) is 0 Å². The Morgan fingerprint density at radius 1 is 1.33 bits per heavy atom. The van der Waals surface area contributed by atoms with Crippen LogP contribution in [0.15, 0.2) is 17.8 Å². The number of aryl methyl sites for hydroxylation is 1. The van der Waals surface area contributed by atoms with E-state index in [4.69, 9.17) is 11.6 Å². The molecule has 0 N–H and O–H groups in total. The van der Waals surface area contributed by atoms with Crippen molar-refractivity contribution in [3.05, 3.63) is 29.1 Å². The van der Waals surface area contributed by atoms with Crippen LogP contribution in [0.5, 0.6) is 0 Å². The number of aromatic nitrogens is 4.